The predicted octanol–water partition coefficient (Wildman–Crippen LogP) is -0.710. The number of hydrogen-bond donors (Lipinski definition) is 1. The Bertz CT molecular complexity index is 380. The van der Waals surface area contributed by atoms with Crippen LogP contribution >= 0.6 is 0 Å². The molecule has 2 N–H and O–H groups in total. The molecule has 5 heteroatoms. The summed E-state index contributed by atoms with van der Waals surface area (Å²) >= 11 is 0. The molecule has 3 aliphatic heterocycles. The van der Waals surface area contributed by atoms with Crippen molar-refractivity contribution in [2.75, 3.05) is 32.7 Å². The minimum atomic E-state index is 0.202. The van der Waals surface area contributed by atoms with Crippen LogP contribution in [0, 0.1) is 0 Å². The Balaban J connectivity index is 1.64. The van der Waals surface area contributed by atoms with Gasteiger partial charge in [0.15, 0.2) is 0 Å². The van der Waals surface area contributed by atoms with Crippen LogP contribution in [0.4, 0.5) is 0 Å². The zero-order valence-electron chi connectivity index (χ0n) is 10.4. The molecule has 3 fully saturated rings. The molecule has 1 aromatic rings. The fraction of sp³-hybridized carbons (Fsp3) is 0.750. The molecule has 1 aromatic heterocycles. The number of nitrogens with zero attached hydrogens (tertiary/aromatic N) is 4. The quantitative estimate of drug-likeness (QED) is 0.752. The zero-order valence-corrected chi connectivity index (χ0v) is 10.4. The topological polar surface area (TPSA) is 50.3 Å². The molecule has 0 spiro atoms. The molecule has 0 aromatic carbocycles. The predicted molar refractivity (Wildman–Crippen MR) is 66.7 cm³/mol. The van der Waals surface area contributed by atoms with Gasteiger partial charge in [0.2, 0.25) is 0 Å². The molecule has 2 bridgehead atoms. The summed E-state index contributed by atoms with van der Waals surface area (Å²) in [5.41, 5.74) is 7.47. The van der Waals surface area contributed by atoms with E-state index in [2.05, 4.69) is 21.0 Å². The van der Waals surface area contributed by atoms with Crippen molar-refractivity contribution < 1.29 is 0 Å². The Labute approximate surface area is 102 Å². The van der Waals surface area contributed by atoms with Crippen molar-refractivity contribution in [3.05, 3.63) is 18.0 Å². The van der Waals surface area contributed by atoms with Gasteiger partial charge in [-0.3, -0.25) is 14.5 Å². The van der Waals surface area contributed by atoms with Crippen molar-refractivity contribution in [3.63, 3.8) is 0 Å². The summed E-state index contributed by atoms with van der Waals surface area (Å²) in [5, 5.41) is 4.41. The number of fused-ring (bicyclic) bond motifs is 3. The summed E-state index contributed by atoms with van der Waals surface area (Å²) in [6.07, 6.45) is 2.87. The number of rotatable bonds is 3. The molecule has 5 nitrogen and oxygen atoms in total. The third-order valence-electron chi connectivity index (χ3n) is 4.03. The fourth-order valence-corrected chi connectivity index (χ4v) is 3.01. The Kier molecular flexibility index (Phi) is 2.90. The van der Waals surface area contributed by atoms with Crippen molar-refractivity contribution >= 4 is 0 Å². The number of hydrogen-bond acceptors (Lipinski definition) is 4. The Morgan fingerprint density at radius 2 is 2.18 bits per heavy atom. The highest BCUT2D eigenvalue weighted by Gasteiger charge is 2.35. The molecule has 3 saturated heterocycles. The first-order valence-electron chi connectivity index (χ1n) is 6.43. The Morgan fingerprint density at radius 3 is 2.71 bits per heavy atom. The van der Waals surface area contributed by atoms with E-state index in [1.807, 2.05) is 17.9 Å². The van der Waals surface area contributed by atoms with Crippen molar-refractivity contribution in [1.29, 1.82) is 0 Å². The molecule has 3 aliphatic rings. The maximum atomic E-state index is 6.36. The van der Waals surface area contributed by atoms with Crippen molar-refractivity contribution in [2.24, 2.45) is 12.8 Å². The standard InChI is InChI=1S/C12H21N5/c1-15-3-2-10(14-15)8-11(13)12-9-16-4-6-17(12)7-5-16/h2-3,11-12H,4-9,13H2,1H3. The fourth-order valence-electron chi connectivity index (χ4n) is 3.01. The molecule has 2 unspecified atom stereocenters. The van der Waals surface area contributed by atoms with Crippen LogP contribution in [0.2, 0.25) is 0 Å². The van der Waals surface area contributed by atoms with Gasteiger partial charge in [0, 0.05) is 64.5 Å². The number of aromatic nitrogens is 2. The first-order chi connectivity index (χ1) is 8.22. The van der Waals surface area contributed by atoms with Crippen LogP contribution in [0.25, 0.3) is 0 Å². The first-order valence-corrected chi connectivity index (χ1v) is 6.43. The van der Waals surface area contributed by atoms with Crippen LogP contribution in [-0.4, -0.2) is 64.4 Å². The van der Waals surface area contributed by atoms with Crippen molar-refractivity contribution in [3.8, 4) is 0 Å². The second-order valence-electron chi connectivity index (χ2n) is 5.25. The number of nitrogens with two attached hydrogens (primary N) is 1. The molecule has 4 heterocycles. The van der Waals surface area contributed by atoms with Crippen LogP contribution in [0.1, 0.15) is 5.69 Å². The second kappa shape index (κ2) is 4.40. The maximum Gasteiger partial charge on any atom is 0.0640 e. The largest absolute Gasteiger partial charge is 0.326 e. The molecule has 94 valence electrons. The van der Waals surface area contributed by atoms with Gasteiger partial charge in [-0.2, -0.15) is 5.10 Å². The lowest BCUT2D eigenvalue weighted by Crippen LogP contribution is -2.66. The van der Waals surface area contributed by atoms with Crippen LogP contribution < -0.4 is 5.73 Å². The highest BCUT2D eigenvalue weighted by Crippen LogP contribution is 2.18. The van der Waals surface area contributed by atoms with E-state index in [9.17, 15) is 0 Å². The van der Waals surface area contributed by atoms with Gasteiger partial charge >= 0.3 is 0 Å². The van der Waals surface area contributed by atoms with Gasteiger partial charge in [0.25, 0.3) is 0 Å². The van der Waals surface area contributed by atoms with Crippen LogP contribution in [0.15, 0.2) is 12.3 Å². The molecular formula is C12H21N5. The van der Waals surface area contributed by atoms with Gasteiger partial charge in [-0.25, -0.2) is 0 Å². The smallest absolute Gasteiger partial charge is 0.0640 e. The van der Waals surface area contributed by atoms with Gasteiger partial charge in [-0.15, -0.1) is 0 Å². The molecule has 17 heavy (non-hydrogen) atoms. The minimum absolute atomic E-state index is 0.202. The molecule has 2 atom stereocenters. The van der Waals surface area contributed by atoms with Gasteiger partial charge in [0.1, 0.15) is 0 Å². The number of aryl methyl sites for hydroxylation is 1. The number of piperazine rings is 3. The van der Waals surface area contributed by atoms with Crippen molar-refractivity contribution in [2.45, 2.75) is 18.5 Å². The lowest BCUT2D eigenvalue weighted by atomic mass is 9.97. The van der Waals surface area contributed by atoms with Gasteiger partial charge in [-0.05, 0) is 6.07 Å². The lowest BCUT2D eigenvalue weighted by molar-refractivity contribution is 0.00246. The monoisotopic (exact) mass is 235 g/mol. The molecule has 0 aliphatic carbocycles. The van der Waals surface area contributed by atoms with Gasteiger partial charge in [0.05, 0.1) is 5.69 Å². The van der Waals surface area contributed by atoms with Gasteiger partial charge < -0.3 is 5.73 Å². The maximum absolute atomic E-state index is 6.36. The molecule has 0 amide bonds. The normalized spacial score (nSPS) is 33.9. The Morgan fingerprint density at radius 1 is 1.41 bits per heavy atom. The second-order valence-corrected chi connectivity index (χ2v) is 5.25. The SMILES string of the molecule is Cn1ccc(CC(N)C2CN3CCN2CC3)n1. The summed E-state index contributed by atoms with van der Waals surface area (Å²) < 4.78 is 1.85. The van der Waals surface area contributed by atoms with Crippen LogP contribution in [-0.2, 0) is 13.5 Å². The average molecular weight is 235 g/mol. The minimum Gasteiger partial charge on any atom is -0.326 e. The van der Waals surface area contributed by atoms with E-state index < -0.39 is 0 Å². The van der Waals surface area contributed by atoms with Crippen molar-refractivity contribution in [1.82, 2.24) is 19.6 Å². The van der Waals surface area contributed by atoms with Gasteiger partial charge in [-0.1, -0.05) is 0 Å². The summed E-state index contributed by atoms with van der Waals surface area (Å²) in [5.74, 6) is 0. The highest BCUT2D eigenvalue weighted by molar-refractivity contribution is 5.04. The summed E-state index contributed by atoms with van der Waals surface area (Å²) in [6, 6.07) is 2.78. The summed E-state index contributed by atoms with van der Waals surface area (Å²) in [7, 11) is 1.95. The lowest BCUT2D eigenvalue weighted by Gasteiger charge is -2.49. The molecule has 4 rings (SSSR count). The van der Waals surface area contributed by atoms with E-state index in [-0.39, 0.29) is 6.04 Å². The van der Waals surface area contributed by atoms with E-state index in [0.29, 0.717) is 6.04 Å². The van der Waals surface area contributed by atoms with E-state index in [1.54, 1.807) is 0 Å². The molecule has 0 radical (unpaired) electrons. The summed E-state index contributed by atoms with van der Waals surface area (Å²) in [4.78, 5) is 5.08. The average Bonchev–Trinajstić information content (AvgIpc) is 2.76. The zero-order chi connectivity index (χ0) is 11.8. The van der Waals surface area contributed by atoms with E-state index >= 15 is 0 Å². The van der Waals surface area contributed by atoms with E-state index in [1.165, 1.54) is 26.2 Å². The molecule has 0 saturated carbocycles. The van der Waals surface area contributed by atoms with E-state index in [0.717, 1.165) is 18.7 Å². The third-order valence-corrected chi connectivity index (χ3v) is 4.03. The first kappa shape index (κ1) is 11.2. The highest BCUT2D eigenvalue weighted by atomic mass is 15.3. The van der Waals surface area contributed by atoms with E-state index in [4.69, 9.17) is 5.73 Å². The summed E-state index contributed by atoms with van der Waals surface area (Å²) in [6.45, 7) is 5.93. The van der Waals surface area contributed by atoms with Crippen LogP contribution in [0.5, 0.6) is 0 Å². The third kappa shape index (κ3) is 2.22. The Hall–Kier alpha value is -0.910. The molecular weight excluding hydrogens is 214 g/mol. The van der Waals surface area contributed by atoms with Crippen LogP contribution in [0.3, 0.4) is 0 Å².